The quantitative estimate of drug-likeness (QED) is 0.468. The van der Waals surface area contributed by atoms with Gasteiger partial charge in [-0.15, -0.1) is 0 Å². The molecule has 1 aliphatic heterocycles. The maximum atomic E-state index is 13.0. The second-order valence-electron chi connectivity index (χ2n) is 7.29. The largest absolute Gasteiger partial charge is 0.489 e. The molecule has 1 unspecified atom stereocenters. The summed E-state index contributed by atoms with van der Waals surface area (Å²) in [5, 5.41) is 13.3. The van der Waals surface area contributed by atoms with Crippen LogP contribution in [-0.4, -0.2) is 22.6 Å². The minimum atomic E-state index is -4.52. The van der Waals surface area contributed by atoms with Crippen molar-refractivity contribution >= 4 is 22.6 Å². The third-order valence-corrected chi connectivity index (χ3v) is 5.23. The topological polar surface area (TPSA) is 100 Å². The average molecular weight is 419 g/mol. The van der Waals surface area contributed by atoms with Gasteiger partial charge in [-0.25, -0.2) is 0 Å². The predicted octanol–water partition coefficient (Wildman–Crippen LogP) is 4.01. The van der Waals surface area contributed by atoms with Gasteiger partial charge in [-0.1, -0.05) is 6.07 Å². The number of halogens is 3. The summed E-state index contributed by atoms with van der Waals surface area (Å²) in [5.41, 5.74) is 7.34. The Kier molecular flexibility index (Phi) is 5.07. The van der Waals surface area contributed by atoms with Gasteiger partial charge < -0.3 is 25.9 Å². The first-order valence-corrected chi connectivity index (χ1v) is 9.40. The number of aromatic amines is 1. The van der Waals surface area contributed by atoms with E-state index >= 15 is 0 Å². The molecular formula is C21H20F3N3O3. The number of carboxylic acid groups (broad SMARTS) is 1. The van der Waals surface area contributed by atoms with Crippen LogP contribution < -0.4 is 15.8 Å². The molecule has 0 bridgehead atoms. The number of ether oxygens (including phenoxy) is 1. The number of fused-ring (bicyclic) bond motifs is 3. The molecular weight excluding hydrogens is 399 g/mol. The first kappa shape index (κ1) is 20.1. The van der Waals surface area contributed by atoms with Crippen LogP contribution in [0.15, 0.2) is 36.4 Å². The minimum Gasteiger partial charge on any atom is -0.489 e. The summed E-state index contributed by atoms with van der Waals surface area (Å²) in [7, 11) is 0. The van der Waals surface area contributed by atoms with Gasteiger partial charge >= 0.3 is 12.1 Å². The number of anilines is 1. The van der Waals surface area contributed by atoms with Gasteiger partial charge in [0.25, 0.3) is 0 Å². The minimum absolute atomic E-state index is 0.0259. The summed E-state index contributed by atoms with van der Waals surface area (Å²) in [5.74, 6) is -0.368. The van der Waals surface area contributed by atoms with Crippen LogP contribution in [0.5, 0.6) is 5.75 Å². The van der Waals surface area contributed by atoms with Gasteiger partial charge in [0.2, 0.25) is 0 Å². The van der Waals surface area contributed by atoms with E-state index in [-0.39, 0.29) is 24.8 Å². The maximum Gasteiger partial charge on any atom is 0.418 e. The molecule has 1 aliphatic rings. The zero-order valence-corrected chi connectivity index (χ0v) is 15.8. The molecule has 1 aromatic heterocycles. The van der Waals surface area contributed by atoms with Crippen molar-refractivity contribution in [3.05, 3.63) is 58.8 Å². The van der Waals surface area contributed by atoms with E-state index in [1.54, 1.807) is 6.07 Å². The number of rotatable bonds is 5. The van der Waals surface area contributed by atoms with E-state index in [4.69, 9.17) is 15.6 Å². The Labute approximate surface area is 169 Å². The molecule has 0 amide bonds. The van der Waals surface area contributed by atoms with E-state index in [9.17, 15) is 18.0 Å². The molecule has 2 aromatic carbocycles. The van der Waals surface area contributed by atoms with Crippen molar-refractivity contribution in [2.75, 3.05) is 12.3 Å². The summed E-state index contributed by atoms with van der Waals surface area (Å²) in [4.78, 5) is 14.4. The second kappa shape index (κ2) is 7.56. The van der Waals surface area contributed by atoms with Crippen LogP contribution in [0, 0.1) is 0 Å². The van der Waals surface area contributed by atoms with Crippen LogP contribution in [0.2, 0.25) is 0 Å². The number of H-pyrrole nitrogens is 1. The molecule has 3 aromatic rings. The number of alkyl halides is 3. The molecule has 30 heavy (non-hydrogen) atoms. The van der Waals surface area contributed by atoms with Gasteiger partial charge in [0.05, 0.1) is 18.0 Å². The molecule has 0 saturated heterocycles. The van der Waals surface area contributed by atoms with Crippen molar-refractivity contribution in [2.24, 2.45) is 0 Å². The lowest BCUT2D eigenvalue weighted by atomic mass is 9.97. The number of nitrogens with one attached hydrogen (secondary N) is 2. The van der Waals surface area contributed by atoms with Gasteiger partial charge in [0.15, 0.2) is 0 Å². The molecule has 6 nitrogen and oxygen atoms in total. The fourth-order valence-electron chi connectivity index (χ4n) is 3.83. The molecule has 0 spiro atoms. The number of carboxylic acids is 1. The number of hydrogen-bond acceptors (Lipinski definition) is 4. The van der Waals surface area contributed by atoms with Gasteiger partial charge in [0.1, 0.15) is 12.4 Å². The van der Waals surface area contributed by atoms with E-state index in [0.717, 1.165) is 34.6 Å². The SMILES string of the molecule is Nc1ccc(COc2ccc3[nH]c4c(c3c2)CCNC4CC(=O)O)cc1C(F)(F)F. The molecule has 158 valence electrons. The Bertz CT molecular complexity index is 1110. The van der Waals surface area contributed by atoms with E-state index in [1.165, 1.54) is 12.1 Å². The highest BCUT2D eigenvalue weighted by molar-refractivity contribution is 5.86. The summed E-state index contributed by atoms with van der Waals surface area (Å²) in [6.45, 7) is 0.624. The summed E-state index contributed by atoms with van der Waals surface area (Å²) >= 11 is 0. The van der Waals surface area contributed by atoms with Crippen molar-refractivity contribution in [2.45, 2.75) is 31.7 Å². The molecule has 5 N–H and O–H groups in total. The third-order valence-electron chi connectivity index (χ3n) is 5.23. The highest BCUT2D eigenvalue weighted by Gasteiger charge is 2.33. The van der Waals surface area contributed by atoms with Crippen molar-refractivity contribution in [3.8, 4) is 5.75 Å². The third kappa shape index (κ3) is 3.93. The smallest absolute Gasteiger partial charge is 0.418 e. The predicted molar refractivity (Wildman–Crippen MR) is 105 cm³/mol. The van der Waals surface area contributed by atoms with Crippen LogP contribution in [0.25, 0.3) is 10.9 Å². The molecule has 4 rings (SSSR count). The van der Waals surface area contributed by atoms with Crippen LogP contribution in [0.3, 0.4) is 0 Å². The Balaban J connectivity index is 1.57. The highest BCUT2D eigenvalue weighted by atomic mass is 19.4. The van der Waals surface area contributed by atoms with Gasteiger partial charge in [0, 0.05) is 22.3 Å². The van der Waals surface area contributed by atoms with E-state index in [0.29, 0.717) is 17.9 Å². The monoisotopic (exact) mass is 419 g/mol. The van der Waals surface area contributed by atoms with Crippen molar-refractivity contribution in [1.82, 2.24) is 10.3 Å². The van der Waals surface area contributed by atoms with Crippen molar-refractivity contribution in [1.29, 1.82) is 0 Å². The number of nitrogen functional groups attached to an aromatic ring is 1. The summed E-state index contributed by atoms with van der Waals surface area (Å²) in [6, 6.07) is 8.81. The lowest BCUT2D eigenvalue weighted by Crippen LogP contribution is -2.31. The standard InChI is InChI=1S/C21H20F3N3O3/c22-21(23,24)15-7-11(1-3-16(15)25)10-30-12-2-4-17-14(8-12)13-5-6-26-18(9-19(28)29)20(13)27-17/h1-4,7-8,18,26-27H,5-6,9-10,25H2,(H,28,29). The van der Waals surface area contributed by atoms with Gasteiger partial charge in [-0.2, -0.15) is 13.2 Å². The molecule has 1 atom stereocenters. The van der Waals surface area contributed by atoms with E-state index < -0.39 is 17.7 Å². The molecule has 0 fully saturated rings. The fraction of sp³-hybridized carbons (Fsp3) is 0.286. The molecule has 0 radical (unpaired) electrons. The van der Waals surface area contributed by atoms with Crippen LogP contribution >= 0.6 is 0 Å². The fourth-order valence-corrected chi connectivity index (χ4v) is 3.83. The molecule has 9 heteroatoms. The van der Waals surface area contributed by atoms with Crippen LogP contribution in [-0.2, 0) is 24.0 Å². The van der Waals surface area contributed by atoms with Gasteiger partial charge in [-0.05, 0) is 54.4 Å². The summed E-state index contributed by atoms with van der Waals surface area (Å²) in [6.07, 6.45) is -3.81. The number of aliphatic carboxylic acids is 1. The zero-order chi connectivity index (χ0) is 21.5. The number of hydrogen-bond donors (Lipinski definition) is 4. The first-order chi connectivity index (χ1) is 14.2. The Morgan fingerprint density at radius 1 is 1.23 bits per heavy atom. The lowest BCUT2D eigenvalue weighted by molar-refractivity contribution is -0.138. The second-order valence-corrected chi connectivity index (χ2v) is 7.29. The van der Waals surface area contributed by atoms with Crippen molar-refractivity contribution < 1.29 is 27.8 Å². The lowest BCUT2D eigenvalue weighted by Gasteiger charge is -2.22. The van der Waals surface area contributed by atoms with Crippen LogP contribution in [0.4, 0.5) is 18.9 Å². The zero-order valence-electron chi connectivity index (χ0n) is 15.8. The highest BCUT2D eigenvalue weighted by Crippen LogP contribution is 2.35. The number of carbonyl (C=O) groups is 1. The Hall–Kier alpha value is -3.20. The van der Waals surface area contributed by atoms with Crippen LogP contribution in [0.1, 0.15) is 34.8 Å². The maximum absolute atomic E-state index is 13.0. The number of nitrogens with two attached hydrogens (primary N) is 1. The van der Waals surface area contributed by atoms with Crippen molar-refractivity contribution in [3.63, 3.8) is 0 Å². The number of aromatic nitrogens is 1. The molecule has 0 aliphatic carbocycles. The molecule has 0 saturated carbocycles. The Morgan fingerprint density at radius 3 is 2.77 bits per heavy atom. The van der Waals surface area contributed by atoms with Gasteiger partial charge in [-0.3, -0.25) is 4.79 Å². The normalized spacial score (nSPS) is 16.4. The van der Waals surface area contributed by atoms with E-state index in [1.807, 2.05) is 12.1 Å². The summed E-state index contributed by atoms with van der Waals surface area (Å²) < 4.78 is 44.8. The first-order valence-electron chi connectivity index (χ1n) is 9.40. The van der Waals surface area contributed by atoms with E-state index in [2.05, 4.69) is 10.3 Å². The Morgan fingerprint density at radius 2 is 2.03 bits per heavy atom. The molecule has 2 heterocycles. The average Bonchev–Trinajstić information content (AvgIpc) is 3.05. The number of benzene rings is 2.